The molecule has 2 N–H and O–H groups in total. The summed E-state index contributed by atoms with van der Waals surface area (Å²) in [6.45, 7) is 1.24. The molecule has 8 heteroatoms. The second-order valence-corrected chi connectivity index (χ2v) is 7.53. The Morgan fingerprint density at radius 3 is 3.07 bits per heavy atom. The molecule has 4 rings (SSSR count). The molecule has 0 aromatic carbocycles. The van der Waals surface area contributed by atoms with Crippen LogP contribution >= 0.6 is 11.3 Å². The number of rotatable bonds is 6. The zero-order valence-electron chi connectivity index (χ0n) is 14.7. The van der Waals surface area contributed by atoms with Crippen LogP contribution < -0.4 is 5.32 Å². The lowest BCUT2D eigenvalue weighted by atomic mass is 10.2. The Hall–Kier alpha value is -2.87. The van der Waals surface area contributed by atoms with Gasteiger partial charge in [0.05, 0.1) is 23.5 Å². The molecular formula is C19H20N4O3S. The van der Waals surface area contributed by atoms with Crippen LogP contribution in [0, 0.1) is 0 Å². The topological polar surface area (TPSA) is 91.2 Å². The van der Waals surface area contributed by atoms with Crippen molar-refractivity contribution >= 4 is 23.2 Å². The molecule has 4 heterocycles. The molecule has 1 fully saturated rings. The van der Waals surface area contributed by atoms with Crippen LogP contribution in [0.5, 0.6) is 0 Å². The number of nitrogens with one attached hydrogen (secondary N) is 2. The SMILES string of the molecule is O=C(NCCc1cnc[nH]1)c1ccc([C@@H]2CCCN2C(=O)c2ccco2)s1. The van der Waals surface area contributed by atoms with Gasteiger partial charge < -0.3 is 19.6 Å². The molecule has 1 aliphatic rings. The second-order valence-electron chi connectivity index (χ2n) is 6.42. The number of hydrogen-bond acceptors (Lipinski definition) is 5. The third kappa shape index (κ3) is 3.80. The maximum absolute atomic E-state index is 12.6. The predicted octanol–water partition coefficient (Wildman–Crippen LogP) is 3.01. The number of aromatic nitrogens is 2. The molecule has 140 valence electrons. The zero-order valence-corrected chi connectivity index (χ0v) is 15.5. The molecule has 7 nitrogen and oxygen atoms in total. The van der Waals surface area contributed by atoms with Gasteiger partial charge in [0.1, 0.15) is 0 Å². The molecule has 3 aromatic heterocycles. The van der Waals surface area contributed by atoms with Crippen molar-refractivity contribution in [2.45, 2.75) is 25.3 Å². The van der Waals surface area contributed by atoms with E-state index in [9.17, 15) is 9.59 Å². The molecule has 0 aliphatic carbocycles. The Labute approximate surface area is 160 Å². The summed E-state index contributed by atoms with van der Waals surface area (Å²) in [7, 11) is 0. The number of carbonyl (C=O) groups is 2. The van der Waals surface area contributed by atoms with Gasteiger partial charge in [0, 0.05) is 36.3 Å². The van der Waals surface area contributed by atoms with Crippen molar-refractivity contribution in [1.82, 2.24) is 20.2 Å². The van der Waals surface area contributed by atoms with E-state index >= 15 is 0 Å². The average molecular weight is 384 g/mol. The van der Waals surface area contributed by atoms with Crippen molar-refractivity contribution in [3.05, 3.63) is 64.3 Å². The van der Waals surface area contributed by atoms with Crippen LogP contribution in [0.15, 0.2) is 47.5 Å². The van der Waals surface area contributed by atoms with Gasteiger partial charge in [-0.15, -0.1) is 11.3 Å². The summed E-state index contributed by atoms with van der Waals surface area (Å²) in [5.74, 6) is 0.171. The predicted molar refractivity (Wildman–Crippen MR) is 101 cm³/mol. The minimum atomic E-state index is -0.0959. The Bertz CT molecular complexity index is 901. The zero-order chi connectivity index (χ0) is 18.6. The molecule has 0 bridgehead atoms. The normalized spacial score (nSPS) is 16.6. The van der Waals surface area contributed by atoms with Crippen molar-refractivity contribution < 1.29 is 14.0 Å². The van der Waals surface area contributed by atoms with Crippen LogP contribution in [0.3, 0.4) is 0 Å². The summed E-state index contributed by atoms with van der Waals surface area (Å²) < 4.78 is 5.25. The van der Waals surface area contributed by atoms with E-state index in [1.165, 1.54) is 17.6 Å². The monoisotopic (exact) mass is 384 g/mol. The quantitative estimate of drug-likeness (QED) is 0.683. The number of likely N-dealkylation sites (tertiary alicyclic amines) is 1. The van der Waals surface area contributed by atoms with E-state index in [1.54, 1.807) is 24.7 Å². The van der Waals surface area contributed by atoms with Gasteiger partial charge in [0.15, 0.2) is 5.76 Å². The summed E-state index contributed by atoms with van der Waals surface area (Å²) in [5, 5.41) is 2.93. The van der Waals surface area contributed by atoms with E-state index in [0.29, 0.717) is 30.1 Å². The Balaban J connectivity index is 1.39. The fourth-order valence-electron chi connectivity index (χ4n) is 3.32. The van der Waals surface area contributed by atoms with Gasteiger partial charge in [0.2, 0.25) is 0 Å². The largest absolute Gasteiger partial charge is 0.459 e. The lowest BCUT2D eigenvalue weighted by Crippen LogP contribution is -2.29. The van der Waals surface area contributed by atoms with Crippen molar-refractivity contribution in [2.75, 3.05) is 13.1 Å². The number of aromatic amines is 1. The highest BCUT2D eigenvalue weighted by Gasteiger charge is 2.33. The van der Waals surface area contributed by atoms with Gasteiger partial charge in [-0.3, -0.25) is 9.59 Å². The first-order valence-corrected chi connectivity index (χ1v) is 9.73. The van der Waals surface area contributed by atoms with Gasteiger partial charge >= 0.3 is 0 Å². The summed E-state index contributed by atoms with van der Waals surface area (Å²) in [4.78, 5) is 35.5. The van der Waals surface area contributed by atoms with Crippen molar-refractivity contribution in [1.29, 1.82) is 0 Å². The molecule has 1 aliphatic heterocycles. The summed E-state index contributed by atoms with van der Waals surface area (Å²) >= 11 is 1.45. The highest BCUT2D eigenvalue weighted by molar-refractivity contribution is 7.14. The second kappa shape index (κ2) is 7.79. The first kappa shape index (κ1) is 17.5. The smallest absolute Gasteiger partial charge is 0.290 e. The molecule has 0 saturated carbocycles. The molecule has 1 saturated heterocycles. The molecule has 0 unspecified atom stereocenters. The van der Waals surface area contributed by atoms with E-state index in [4.69, 9.17) is 4.42 Å². The van der Waals surface area contributed by atoms with Crippen LogP contribution in [0.25, 0.3) is 0 Å². The fourth-order valence-corrected chi connectivity index (χ4v) is 4.39. The number of furan rings is 1. The minimum absolute atomic E-state index is 0.000793. The maximum Gasteiger partial charge on any atom is 0.290 e. The number of imidazole rings is 1. The van der Waals surface area contributed by atoms with E-state index < -0.39 is 0 Å². The average Bonchev–Trinajstić information content (AvgIpc) is 3.49. The standard InChI is InChI=1S/C19H20N4O3S/c24-18(21-8-7-13-11-20-12-22-13)17-6-5-16(27-17)14-3-1-9-23(14)19(25)15-4-2-10-26-15/h2,4-6,10-12,14H,1,3,7-9H2,(H,20,22)(H,21,24)/t14-/m0/s1. The van der Waals surface area contributed by atoms with Gasteiger partial charge in [-0.1, -0.05) is 0 Å². The van der Waals surface area contributed by atoms with Crippen molar-refractivity contribution in [3.8, 4) is 0 Å². The van der Waals surface area contributed by atoms with Crippen molar-refractivity contribution in [3.63, 3.8) is 0 Å². The Kier molecular flexibility index (Phi) is 5.06. The Morgan fingerprint density at radius 2 is 2.30 bits per heavy atom. The van der Waals surface area contributed by atoms with E-state index in [2.05, 4.69) is 15.3 Å². The highest BCUT2D eigenvalue weighted by atomic mass is 32.1. The number of hydrogen-bond donors (Lipinski definition) is 2. The minimum Gasteiger partial charge on any atom is -0.459 e. The van der Waals surface area contributed by atoms with Crippen LogP contribution in [0.2, 0.25) is 0 Å². The van der Waals surface area contributed by atoms with Gasteiger partial charge in [-0.05, 0) is 37.1 Å². The van der Waals surface area contributed by atoms with Crippen LogP contribution in [-0.4, -0.2) is 39.8 Å². The lowest BCUT2D eigenvalue weighted by Gasteiger charge is -2.22. The molecule has 2 amide bonds. The summed E-state index contributed by atoms with van der Waals surface area (Å²) in [5.41, 5.74) is 0.986. The third-order valence-corrected chi connectivity index (χ3v) is 5.84. The first-order chi connectivity index (χ1) is 13.2. The number of nitrogens with zero attached hydrogens (tertiary/aromatic N) is 2. The van der Waals surface area contributed by atoms with E-state index in [-0.39, 0.29) is 17.9 Å². The number of amides is 2. The van der Waals surface area contributed by atoms with Gasteiger partial charge in [-0.2, -0.15) is 0 Å². The van der Waals surface area contributed by atoms with Crippen molar-refractivity contribution in [2.24, 2.45) is 0 Å². The van der Waals surface area contributed by atoms with Crippen LogP contribution in [0.1, 0.15) is 49.7 Å². The number of carbonyl (C=O) groups excluding carboxylic acids is 2. The molecule has 0 radical (unpaired) electrons. The third-order valence-electron chi connectivity index (χ3n) is 4.66. The molecule has 3 aromatic rings. The van der Waals surface area contributed by atoms with E-state index in [0.717, 1.165) is 23.4 Å². The van der Waals surface area contributed by atoms with E-state index in [1.807, 2.05) is 17.0 Å². The first-order valence-electron chi connectivity index (χ1n) is 8.92. The number of thiophene rings is 1. The fraction of sp³-hybridized carbons (Fsp3) is 0.316. The molecule has 0 spiro atoms. The van der Waals surface area contributed by atoms with Gasteiger partial charge in [-0.25, -0.2) is 4.98 Å². The lowest BCUT2D eigenvalue weighted by molar-refractivity contribution is 0.0705. The summed E-state index contributed by atoms with van der Waals surface area (Å²) in [6, 6.07) is 7.19. The van der Waals surface area contributed by atoms with Crippen LogP contribution in [0.4, 0.5) is 0 Å². The van der Waals surface area contributed by atoms with Crippen LogP contribution in [-0.2, 0) is 6.42 Å². The molecule has 27 heavy (non-hydrogen) atoms. The summed E-state index contributed by atoms with van der Waals surface area (Å²) in [6.07, 6.45) is 7.43. The Morgan fingerprint density at radius 1 is 1.37 bits per heavy atom. The molecular weight excluding hydrogens is 364 g/mol. The maximum atomic E-state index is 12.6. The molecule has 1 atom stereocenters. The highest BCUT2D eigenvalue weighted by Crippen LogP contribution is 2.36. The number of H-pyrrole nitrogens is 1. The van der Waals surface area contributed by atoms with Gasteiger partial charge in [0.25, 0.3) is 11.8 Å².